The van der Waals surface area contributed by atoms with Crippen LogP contribution in [0.3, 0.4) is 0 Å². The number of hydrogen-bond acceptors (Lipinski definition) is 2. The molecule has 0 saturated carbocycles. The van der Waals surface area contributed by atoms with E-state index in [2.05, 4.69) is 12.6 Å². The third-order valence-electron chi connectivity index (χ3n) is 4.38. The SMILES string of the molecule is C=CCN1C(=O)CC2c3cccc(OC)c3CCC21. The summed E-state index contributed by atoms with van der Waals surface area (Å²) in [6.07, 6.45) is 4.46. The van der Waals surface area contributed by atoms with Gasteiger partial charge in [-0.15, -0.1) is 6.58 Å². The molecule has 1 heterocycles. The molecule has 0 radical (unpaired) electrons. The fraction of sp³-hybridized carbons (Fsp3) is 0.438. The predicted molar refractivity (Wildman–Crippen MR) is 74.4 cm³/mol. The van der Waals surface area contributed by atoms with E-state index in [0.717, 1.165) is 18.6 Å². The predicted octanol–water partition coefficient (Wildman–Crippen LogP) is 2.51. The Morgan fingerprint density at radius 2 is 2.37 bits per heavy atom. The summed E-state index contributed by atoms with van der Waals surface area (Å²) in [6.45, 7) is 4.42. The van der Waals surface area contributed by atoms with Gasteiger partial charge >= 0.3 is 0 Å². The largest absolute Gasteiger partial charge is 0.496 e. The molecule has 2 unspecified atom stereocenters. The number of hydrogen-bond donors (Lipinski definition) is 0. The van der Waals surface area contributed by atoms with Gasteiger partial charge in [0.15, 0.2) is 0 Å². The number of nitrogens with zero attached hydrogens (tertiary/aromatic N) is 1. The molecule has 0 bridgehead atoms. The molecule has 3 nitrogen and oxygen atoms in total. The van der Waals surface area contributed by atoms with Crippen molar-refractivity contribution in [2.24, 2.45) is 0 Å². The monoisotopic (exact) mass is 257 g/mol. The highest BCUT2D eigenvalue weighted by Gasteiger charge is 2.43. The third kappa shape index (κ3) is 1.84. The van der Waals surface area contributed by atoms with Crippen molar-refractivity contribution < 1.29 is 9.53 Å². The summed E-state index contributed by atoms with van der Waals surface area (Å²) in [6, 6.07) is 6.53. The second kappa shape index (κ2) is 4.72. The van der Waals surface area contributed by atoms with Crippen LogP contribution in [0.2, 0.25) is 0 Å². The summed E-state index contributed by atoms with van der Waals surface area (Å²) in [4.78, 5) is 14.1. The Morgan fingerprint density at radius 1 is 1.53 bits per heavy atom. The lowest BCUT2D eigenvalue weighted by atomic mass is 9.79. The molecule has 1 aromatic rings. The molecule has 1 aliphatic carbocycles. The standard InChI is InChI=1S/C16H19NO2/c1-3-9-17-14-8-7-12-11(13(14)10-16(17)18)5-4-6-15(12)19-2/h3-6,13-14H,1,7-10H2,2H3. The molecule has 1 saturated heterocycles. The molecule has 0 aromatic heterocycles. The first kappa shape index (κ1) is 12.3. The van der Waals surface area contributed by atoms with Crippen LogP contribution < -0.4 is 4.74 Å². The number of methoxy groups -OCH3 is 1. The van der Waals surface area contributed by atoms with Crippen LogP contribution in [0.25, 0.3) is 0 Å². The van der Waals surface area contributed by atoms with Crippen molar-refractivity contribution in [1.82, 2.24) is 4.90 Å². The molecule has 0 spiro atoms. The third-order valence-corrected chi connectivity index (χ3v) is 4.38. The molecule has 0 N–H and O–H groups in total. The van der Waals surface area contributed by atoms with Crippen LogP contribution >= 0.6 is 0 Å². The number of fused-ring (bicyclic) bond motifs is 3. The van der Waals surface area contributed by atoms with E-state index in [1.165, 1.54) is 11.1 Å². The molecular formula is C16H19NO2. The lowest BCUT2D eigenvalue weighted by molar-refractivity contribution is -0.128. The van der Waals surface area contributed by atoms with Crippen molar-refractivity contribution in [3.05, 3.63) is 42.0 Å². The first-order chi connectivity index (χ1) is 9.26. The Hall–Kier alpha value is -1.77. The number of benzene rings is 1. The summed E-state index contributed by atoms with van der Waals surface area (Å²) in [5, 5.41) is 0. The fourth-order valence-corrected chi connectivity index (χ4v) is 3.58. The molecule has 3 heteroatoms. The Kier molecular flexibility index (Phi) is 3.05. The van der Waals surface area contributed by atoms with E-state index in [1.54, 1.807) is 7.11 Å². The van der Waals surface area contributed by atoms with Crippen molar-refractivity contribution in [2.75, 3.05) is 13.7 Å². The van der Waals surface area contributed by atoms with E-state index >= 15 is 0 Å². The van der Waals surface area contributed by atoms with Gasteiger partial charge in [0.25, 0.3) is 0 Å². The molecule has 1 fully saturated rings. The van der Waals surface area contributed by atoms with Crippen LogP contribution in [-0.4, -0.2) is 30.5 Å². The van der Waals surface area contributed by atoms with Crippen LogP contribution in [0.15, 0.2) is 30.9 Å². The van der Waals surface area contributed by atoms with Gasteiger partial charge in [-0.05, 0) is 30.0 Å². The van der Waals surface area contributed by atoms with E-state index in [9.17, 15) is 4.79 Å². The summed E-state index contributed by atoms with van der Waals surface area (Å²) in [7, 11) is 1.71. The van der Waals surface area contributed by atoms with E-state index in [-0.39, 0.29) is 5.91 Å². The summed E-state index contributed by atoms with van der Waals surface area (Å²) in [5.74, 6) is 1.54. The number of carbonyl (C=O) groups excluding carboxylic acids is 1. The highest BCUT2D eigenvalue weighted by molar-refractivity contribution is 5.81. The smallest absolute Gasteiger partial charge is 0.223 e. The van der Waals surface area contributed by atoms with E-state index in [4.69, 9.17) is 4.74 Å². The average molecular weight is 257 g/mol. The Morgan fingerprint density at radius 3 is 3.11 bits per heavy atom. The molecule has 2 aliphatic rings. The Labute approximate surface area is 113 Å². The lowest BCUT2D eigenvalue weighted by Crippen LogP contribution is -2.37. The van der Waals surface area contributed by atoms with Crippen molar-refractivity contribution in [3.8, 4) is 5.75 Å². The molecular weight excluding hydrogens is 238 g/mol. The quantitative estimate of drug-likeness (QED) is 0.779. The van der Waals surface area contributed by atoms with E-state index < -0.39 is 0 Å². The molecule has 1 amide bonds. The van der Waals surface area contributed by atoms with Gasteiger partial charge in [-0.2, -0.15) is 0 Å². The minimum absolute atomic E-state index is 0.255. The maximum absolute atomic E-state index is 12.1. The van der Waals surface area contributed by atoms with E-state index in [1.807, 2.05) is 23.1 Å². The number of rotatable bonds is 3. The second-order valence-corrected chi connectivity index (χ2v) is 5.28. The highest BCUT2D eigenvalue weighted by Crippen LogP contribution is 2.44. The Balaban J connectivity index is 1.99. The van der Waals surface area contributed by atoms with Crippen LogP contribution in [0.1, 0.15) is 29.9 Å². The van der Waals surface area contributed by atoms with Gasteiger partial charge in [-0.3, -0.25) is 4.79 Å². The molecule has 1 aliphatic heterocycles. The first-order valence-electron chi connectivity index (χ1n) is 6.82. The minimum atomic E-state index is 0.255. The van der Waals surface area contributed by atoms with Crippen molar-refractivity contribution in [3.63, 3.8) is 0 Å². The van der Waals surface area contributed by atoms with E-state index in [0.29, 0.717) is 24.9 Å². The fourth-order valence-electron chi connectivity index (χ4n) is 3.58. The molecule has 1 aromatic carbocycles. The normalized spacial score (nSPS) is 24.9. The van der Waals surface area contributed by atoms with Crippen LogP contribution in [0.4, 0.5) is 0 Å². The molecule has 19 heavy (non-hydrogen) atoms. The zero-order valence-electron chi connectivity index (χ0n) is 11.3. The van der Waals surface area contributed by atoms with Gasteiger partial charge in [0.2, 0.25) is 5.91 Å². The maximum Gasteiger partial charge on any atom is 0.223 e. The lowest BCUT2D eigenvalue weighted by Gasteiger charge is -2.33. The van der Waals surface area contributed by atoms with Gasteiger partial charge in [-0.1, -0.05) is 18.2 Å². The molecule has 2 atom stereocenters. The molecule has 3 rings (SSSR count). The number of likely N-dealkylation sites (tertiary alicyclic amines) is 1. The van der Waals surface area contributed by atoms with Crippen molar-refractivity contribution in [1.29, 1.82) is 0 Å². The first-order valence-corrected chi connectivity index (χ1v) is 6.82. The summed E-state index contributed by atoms with van der Waals surface area (Å²) < 4.78 is 5.45. The second-order valence-electron chi connectivity index (χ2n) is 5.28. The summed E-state index contributed by atoms with van der Waals surface area (Å²) >= 11 is 0. The zero-order chi connectivity index (χ0) is 13.4. The molecule has 100 valence electrons. The number of amides is 1. The maximum atomic E-state index is 12.1. The highest BCUT2D eigenvalue weighted by atomic mass is 16.5. The number of ether oxygens (including phenoxy) is 1. The van der Waals surface area contributed by atoms with Gasteiger partial charge < -0.3 is 9.64 Å². The van der Waals surface area contributed by atoms with Crippen LogP contribution in [0, 0.1) is 0 Å². The van der Waals surface area contributed by atoms with Gasteiger partial charge in [0, 0.05) is 24.9 Å². The minimum Gasteiger partial charge on any atom is -0.496 e. The van der Waals surface area contributed by atoms with Crippen LogP contribution in [-0.2, 0) is 11.2 Å². The zero-order valence-corrected chi connectivity index (χ0v) is 11.3. The Bertz CT molecular complexity index is 523. The van der Waals surface area contributed by atoms with Gasteiger partial charge in [-0.25, -0.2) is 0 Å². The van der Waals surface area contributed by atoms with Crippen LogP contribution in [0.5, 0.6) is 5.75 Å². The topological polar surface area (TPSA) is 29.5 Å². The van der Waals surface area contributed by atoms with Crippen molar-refractivity contribution in [2.45, 2.75) is 31.2 Å². The number of carbonyl (C=O) groups is 1. The summed E-state index contributed by atoms with van der Waals surface area (Å²) in [5.41, 5.74) is 2.59. The van der Waals surface area contributed by atoms with Gasteiger partial charge in [0.1, 0.15) is 5.75 Å². The average Bonchev–Trinajstić information content (AvgIpc) is 2.75. The van der Waals surface area contributed by atoms with Gasteiger partial charge in [0.05, 0.1) is 7.11 Å². The van der Waals surface area contributed by atoms with Crippen molar-refractivity contribution >= 4 is 5.91 Å².